The fourth-order valence-electron chi connectivity index (χ4n) is 4.67. The largest absolute Gasteiger partial charge is 0.378 e. The number of aryl methyl sites for hydroxylation is 1. The number of carbonyl (C=O) groups is 1. The topological polar surface area (TPSA) is 138 Å². The zero-order chi connectivity index (χ0) is 27.5. The van der Waals surface area contributed by atoms with Crippen molar-refractivity contribution in [2.75, 3.05) is 31.6 Å². The zero-order valence-electron chi connectivity index (χ0n) is 21.9. The Morgan fingerprint density at radius 2 is 1.98 bits per heavy atom. The van der Waals surface area contributed by atoms with E-state index in [4.69, 9.17) is 9.72 Å². The van der Waals surface area contributed by atoms with Crippen molar-refractivity contribution in [2.45, 2.75) is 6.92 Å². The SMILES string of the molecule is C=C/C=C(/c1cccnc1)c1nc(-c2[nH]nc3ncc(-c4cncc(NC(=O)N5CCOCC5)c4)cc23)[nH]c1C. The molecule has 1 aliphatic heterocycles. The number of pyridine rings is 3. The van der Waals surface area contributed by atoms with Crippen LogP contribution < -0.4 is 5.32 Å². The highest BCUT2D eigenvalue weighted by atomic mass is 16.5. The lowest BCUT2D eigenvalue weighted by Gasteiger charge is -2.26. The van der Waals surface area contributed by atoms with Crippen molar-refractivity contribution in [1.29, 1.82) is 0 Å². The first-order valence-electron chi connectivity index (χ1n) is 12.8. The molecule has 0 unspecified atom stereocenters. The van der Waals surface area contributed by atoms with Crippen LogP contribution in [0.3, 0.4) is 0 Å². The minimum atomic E-state index is -0.173. The predicted molar refractivity (Wildman–Crippen MR) is 152 cm³/mol. The number of urea groups is 1. The molecule has 3 N–H and O–H groups in total. The number of anilines is 1. The molecule has 0 aromatic carbocycles. The van der Waals surface area contributed by atoms with Gasteiger partial charge in [0.1, 0.15) is 5.69 Å². The van der Waals surface area contributed by atoms with E-state index in [2.05, 4.69) is 42.0 Å². The number of fused-ring (bicyclic) bond motifs is 1. The molecule has 6 heterocycles. The zero-order valence-corrected chi connectivity index (χ0v) is 21.9. The van der Waals surface area contributed by atoms with Gasteiger partial charge in [0.05, 0.1) is 36.2 Å². The van der Waals surface area contributed by atoms with Crippen molar-refractivity contribution in [2.24, 2.45) is 0 Å². The number of hydrogen-bond acceptors (Lipinski definition) is 7. The Bertz CT molecular complexity index is 1720. The number of rotatable bonds is 6. The Morgan fingerprint density at radius 3 is 2.77 bits per heavy atom. The highest BCUT2D eigenvalue weighted by molar-refractivity contribution is 5.93. The Hall–Kier alpha value is -5.16. The van der Waals surface area contributed by atoms with Crippen LogP contribution in [0.4, 0.5) is 10.5 Å². The molecule has 11 heteroatoms. The molecule has 1 fully saturated rings. The Balaban J connectivity index is 1.32. The highest BCUT2D eigenvalue weighted by Crippen LogP contribution is 2.31. The van der Waals surface area contributed by atoms with Gasteiger partial charge in [-0.1, -0.05) is 24.8 Å². The molecule has 1 aliphatic rings. The van der Waals surface area contributed by atoms with Gasteiger partial charge in [-0.2, -0.15) is 5.10 Å². The molecule has 6 rings (SSSR count). The van der Waals surface area contributed by atoms with Crippen molar-refractivity contribution in [3.8, 4) is 22.6 Å². The van der Waals surface area contributed by atoms with Gasteiger partial charge in [0.25, 0.3) is 0 Å². The Morgan fingerprint density at radius 1 is 1.12 bits per heavy atom. The van der Waals surface area contributed by atoms with E-state index in [1.165, 1.54) is 0 Å². The minimum Gasteiger partial charge on any atom is -0.378 e. The van der Waals surface area contributed by atoms with E-state index in [-0.39, 0.29) is 6.03 Å². The van der Waals surface area contributed by atoms with Crippen LogP contribution in [-0.4, -0.2) is 72.4 Å². The van der Waals surface area contributed by atoms with Crippen molar-refractivity contribution in [1.82, 2.24) is 40.0 Å². The van der Waals surface area contributed by atoms with E-state index < -0.39 is 0 Å². The van der Waals surface area contributed by atoms with Crippen LogP contribution in [0.5, 0.6) is 0 Å². The van der Waals surface area contributed by atoms with Crippen LogP contribution in [-0.2, 0) is 4.74 Å². The standard InChI is InChI=1S/C29H27N9O2/c1-3-5-23(19-6-4-7-30-14-19)25-18(2)33-28(35-25)26-24-13-21(16-32-27(24)37-36-26)20-12-22(17-31-15-20)34-29(39)38-8-10-40-11-9-38/h3-7,12-17H,1,8-11H2,2H3,(H,33,35)(H,34,39)(H,32,36,37)/b23-5-. The molecule has 11 nitrogen and oxygen atoms in total. The van der Waals surface area contributed by atoms with E-state index in [1.807, 2.05) is 37.3 Å². The number of imidazole rings is 1. The monoisotopic (exact) mass is 533 g/mol. The van der Waals surface area contributed by atoms with Crippen LogP contribution in [0.1, 0.15) is 17.0 Å². The number of nitrogens with one attached hydrogen (secondary N) is 3. The summed E-state index contributed by atoms with van der Waals surface area (Å²) in [5.41, 5.74) is 7.06. The first-order valence-corrected chi connectivity index (χ1v) is 12.8. The minimum absolute atomic E-state index is 0.173. The number of H-pyrrole nitrogens is 2. The van der Waals surface area contributed by atoms with Gasteiger partial charge in [0, 0.05) is 65.8 Å². The molecule has 0 radical (unpaired) electrons. The van der Waals surface area contributed by atoms with Gasteiger partial charge in [-0.3, -0.25) is 15.1 Å². The van der Waals surface area contributed by atoms with E-state index in [0.717, 1.165) is 39.0 Å². The lowest BCUT2D eigenvalue weighted by molar-refractivity contribution is 0.0564. The van der Waals surface area contributed by atoms with Crippen molar-refractivity contribution < 1.29 is 9.53 Å². The number of morpholine rings is 1. The highest BCUT2D eigenvalue weighted by Gasteiger charge is 2.19. The van der Waals surface area contributed by atoms with E-state index in [0.29, 0.717) is 49.2 Å². The molecule has 1 saturated heterocycles. The number of allylic oxidation sites excluding steroid dienone is 2. The number of nitrogens with zero attached hydrogens (tertiary/aromatic N) is 6. The summed E-state index contributed by atoms with van der Waals surface area (Å²) < 4.78 is 5.33. The number of hydrogen-bond donors (Lipinski definition) is 3. The number of carbonyl (C=O) groups excluding carboxylic acids is 1. The van der Waals surface area contributed by atoms with Crippen molar-refractivity contribution in [3.63, 3.8) is 0 Å². The van der Waals surface area contributed by atoms with Gasteiger partial charge < -0.3 is 19.9 Å². The van der Waals surface area contributed by atoms with Crippen LogP contribution in [0, 0.1) is 6.92 Å². The van der Waals surface area contributed by atoms with Gasteiger partial charge >= 0.3 is 6.03 Å². The number of amides is 2. The maximum absolute atomic E-state index is 12.6. The quantitative estimate of drug-likeness (QED) is 0.271. The Labute approximate surface area is 230 Å². The second-order valence-electron chi connectivity index (χ2n) is 9.30. The summed E-state index contributed by atoms with van der Waals surface area (Å²) >= 11 is 0. The molecule has 5 aromatic rings. The molecule has 40 heavy (non-hydrogen) atoms. The molecule has 5 aromatic heterocycles. The fourth-order valence-corrected chi connectivity index (χ4v) is 4.67. The third-order valence-corrected chi connectivity index (χ3v) is 6.66. The third-order valence-electron chi connectivity index (χ3n) is 6.66. The molecule has 0 atom stereocenters. The molecular weight excluding hydrogens is 506 g/mol. The average molecular weight is 534 g/mol. The van der Waals surface area contributed by atoms with Gasteiger partial charge in [0.15, 0.2) is 11.5 Å². The molecule has 0 aliphatic carbocycles. The van der Waals surface area contributed by atoms with Gasteiger partial charge in [-0.15, -0.1) is 0 Å². The Kier molecular flexibility index (Phi) is 6.86. The molecule has 200 valence electrons. The summed E-state index contributed by atoms with van der Waals surface area (Å²) in [5.74, 6) is 0.637. The molecule has 2 amide bonds. The smallest absolute Gasteiger partial charge is 0.322 e. The lowest BCUT2D eigenvalue weighted by atomic mass is 10.0. The maximum atomic E-state index is 12.6. The molecular formula is C29H27N9O2. The van der Waals surface area contributed by atoms with Crippen LogP contribution in [0.2, 0.25) is 0 Å². The van der Waals surface area contributed by atoms with Crippen molar-refractivity contribution >= 4 is 28.3 Å². The van der Waals surface area contributed by atoms with Gasteiger partial charge in [-0.05, 0) is 25.1 Å². The van der Waals surface area contributed by atoms with E-state index in [1.54, 1.807) is 42.0 Å². The van der Waals surface area contributed by atoms with Crippen molar-refractivity contribution in [3.05, 3.63) is 90.9 Å². The molecule has 0 bridgehead atoms. The fraction of sp³-hybridized carbons (Fsp3) is 0.172. The normalized spacial score (nSPS) is 13.9. The van der Waals surface area contributed by atoms with Gasteiger partial charge in [0.2, 0.25) is 0 Å². The summed E-state index contributed by atoms with van der Waals surface area (Å²) in [7, 11) is 0. The maximum Gasteiger partial charge on any atom is 0.322 e. The lowest BCUT2D eigenvalue weighted by Crippen LogP contribution is -2.43. The second-order valence-corrected chi connectivity index (χ2v) is 9.30. The third kappa shape index (κ3) is 4.97. The van der Waals surface area contributed by atoms with Crippen LogP contribution in [0.15, 0.2) is 74.0 Å². The van der Waals surface area contributed by atoms with E-state index >= 15 is 0 Å². The van der Waals surface area contributed by atoms with Crippen LogP contribution >= 0.6 is 0 Å². The second kappa shape index (κ2) is 10.9. The van der Waals surface area contributed by atoms with Crippen LogP contribution in [0.25, 0.3) is 39.3 Å². The average Bonchev–Trinajstić information content (AvgIpc) is 3.59. The summed E-state index contributed by atoms with van der Waals surface area (Å²) in [6.45, 7) is 8.04. The number of ether oxygens (including phenoxy) is 1. The number of aromatic amines is 2. The molecule has 0 saturated carbocycles. The first-order chi connectivity index (χ1) is 19.6. The summed E-state index contributed by atoms with van der Waals surface area (Å²) in [4.78, 5) is 35.8. The summed E-state index contributed by atoms with van der Waals surface area (Å²) in [5, 5.41) is 11.2. The summed E-state index contributed by atoms with van der Waals surface area (Å²) in [6, 6.07) is 7.58. The van der Waals surface area contributed by atoms with E-state index in [9.17, 15) is 4.79 Å². The summed E-state index contributed by atoms with van der Waals surface area (Å²) in [6.07, 6.45) is 12.3. The molecule has 0 spiro atoms. The first kappa shape index (κ1) is 25.1. The predicted octanol–water partition coefficient (Wildman–Crippen LogP) is 4.60. The number of aromatic nitrogens is 7. The van der Waals surface area contributed by atoms with Gasteiger partial charge in [-0.25, -0.2) is 14.8 Å².